The van der Waals surface area contributed by atoms with Gasteiger partial charge in [0.05, 0.1) is 18.8 Å². The van der Waals surface area contributed by atoms with Crippen LogP contribution >= 0.6 is 0 Å². The molecule has 3 rings (SSSR count). The van der Waals surface area contributed by atoms with Crippen LogP contribution in [0.4, 0.5) is 0 Å². The van der Waals surface area contributed by atoms with E-state index in [1.807, 2.05) is 30.3 Å². The minimum Gasteiger partial charge on any atom is -0.494 e. The summed E-state index contributed by atoms with van der Waals surface area (Å²) < 4.78 is 12.0. The van der Waals surface area contributed by atoms with Crippen molar-refractivity contribution in [3.8, 4) is 22.6 Å². The number of hydrogen-bond donors (Lipinski definition) is 1. The Morgan fingerprint density at radius 1 is 0.692 bits per heavy atom. The highest BCUT2D eigenvalue weighted by Gasteiger charge is 2.20. The zero-order valence-corrected chi connectivity index (χ0v) is 24.6. The first-order valence-corrected chi connectivity index (χ1v) is 15.8. The van der Waals surface area contributed by atoms with Crippen LogP contribution in [0, 0.1) is 11.8 Å². The normalized spacial score (nSPS) is 17.2. The van der Waals surface area contributed by atoms with Crippen LogP contribution in [-0.4, -0.2) is 24.3 Å². The first-order chi connectivity index (χ1) is 19.1. The zero-order valence-electron chi connectivity index (χ0n) is 24.6. The fraction of sp³-hybridized carbons (Fsp3) is 0.629. The van der Waals surface area contributed by atoms with Crippen molar-refractivity contribution >= 4 is 5.97 Å². The number of ether oxygens (including phenoxy) is 2. The maximum Gasteiger partial charge on any atom is 0.336 e. The lowest BCUT2D eigenvalue weighted by atomic mass is 9.78. The Hall–Kier alpha value is -2.49. The van der Waals surface area contributed by atoms with Crippen LogP contribution in [0.15, 0.2) is 42.5 Å². The van der Waals surface area contributed by atoms with Crippen LogP contribution in [0.3, 0.4) is 0 Å². The molecule has 2 aromatic rings. The highest BCUT2D eigenvalue weighted by molar-refractivity contribution is 5.96. The monoisotopic (exact) mass is 536 g/mol. The number of rotatable bonds is 19. The SMILES string of the molecule is CCCCCCCCCCOc1ccc(C(=O)O)c(-c2ccc(OCCCC3CCC(CCC)CC3)cc2)c1. The van der Waals surface area contributed by atoms with E-state index in [1.165, 1.54) is 89.9 Å². The van der Waals surface area contributed by atoms with Gasteiger partial charge >= 0.3 is 5.97 Å². The molecule has 39 heavy (non-hydrogen) atoms. The summed E-state index contributed by atoms with van der Waals surface area (Å²) in [5.74, 6) is 2.46. The van der Waals surface area contributed by atoms with Crippen LogP contribution in [0.2, 0.25) is 0 Å². The number of benzene rings is 2. The Morgan fingerprint density at radius 3 is 1.90 bits per heavy atom. The molecule has 216 valence electrons. The molecule has 4 nitrogen and oxygen atoms in total. The summed E-state index contributed by atoms with van der Waals surface area (Å²) in [5.41, 5.74) is 1.83. The summed E-state index contributed by atoms with van der Waals surface area (Å²) in [7, 11) is 0. The average molecular weight is 537 g/mol. The zero-order chi connectivity index (χ0) is 27.7. The number of unbranched alkanes of at least 4 members (excludes halogenated alkanes) is 7. The van der Waals surface area contributed by atoms with E-state index in [9.17, 15) is 9.90 Å². The fourth-order valence-electron chi connectivity index (χ4n) is 5.97. The van der Waals surface area contributed by atoms with Crippen molar-refractivity contribution in [2.45, 2.75) is 117 Å². The number of aromatic carboxylic acids is 1. The van der Waals surface area contributed by atoms with Crippen molar-refractivity contribution in [1.29, 1.82) is 0 Å². The van der Waals surface area contributed by atoms with Gasteiger partial charge in [-0.1, -0.05) is 109 Å². The molecular weight excluding hydrogens is 484 g/mol. The van der Waals surface area contributed by atoms with Crippen LogP contribution in [0.5, 0.6) is 11.5 Å². The van der Waals surface area contributed by atoms with Crippen molar-refractivity contribution in [2.24, 2.45) is 11.8 Å². The molecule has 0 aromatic heterocycles. The highest BCUT2D eigenvalue weighted by atomic mass is 16.5. The number of carboxylic acid groups (broad SMARTS) is 1. The Labute approximate surface area is 237 Å². The van der Waals surface area contributed by atoms with Gasteiger partial charge in [0.1, 0.15) is 11.5 Å². The first-order valence-electron chi connectivity index (χ1n) is 15.8. The lowest BCUT2D eigenvalue weighted by Crippen LogP contribution is -2.15. The molecule has 1 N–H and O–H groups in total. The second kappa shape index (κ2) is 18.0. The van der Waals surface area contributed by atoms with E-state index in [2.05, 4.69) is 13.8 Å². The predicted molar refractivity (Wildman–Crippen MR) is 162 cm³/mol. The van der Waals surface area contributed by atoms with Gasteiger partial charge < -0.3 is 14.6 Å². The maximum absolute atomic E-state index is 11.9. The first kappa shape index (κ1) is 31.0. The van der Waals surface area contributed by atoms with E-state index < -0.39 is 5.97 Å². The van der Waals surface area contributed by atoms with E-state index in [4.69, 9.17) is 9.47 Å². The van der Waals surface area contributed by atoms with Crippen LogP contribution in [0.1, 0.15) is 127 Å². The topological polar surface area (TPSA) is 55.8 Å². The van der Waals surface area contributed by atoms with E-state index >= 15 is 0 Å². The van der Waals surface area contributed by atoms with Crippen molar-refractivity contribution in [2.75, 3.05) is 13.2 Å². The second-order valence-corrected chi connectivity index (χ2v) is 11.5. The largest absolute Gasteiger partial charge is 0.494 e. The van der Waals surface area contributed by atoms with Gasteiger partial charge in [-0.3, -0.25) is 0 Å². The van der Waals surface area contributed by atoms with Gasteiger partial charge in [0.15, 0.2) is 0 Å². The summed E-state index contributed by atoms with van der Waals surface area (Å²) in [6.45, 7) is 5.94. The molecule has 0 spiro atoms. The summed E-state index contributed by atoms with van der Waals surface area (Å²) >= 11 is 0. The third-order valence-corrected chi connectivity index (χ3v) is 8.34. The third-order valence-electron chi connectivity index (χ3n) is 8.34. The molecule has 2 aromatic carbocycles. The van der Waals surface area contributed by atoms with E-state index in [-0.39, 0.29) is 5.56 Å². The Balaban J connectivity index is 1.43. The maximum atomic E-state index is 11.9. The minimum absolute atomic E-state index is 0.289. The summed E-state index contributed by atoms with van der Waals surface area (Å²) in [5, 5.41) is 9.75. The molecule has 0 atom stereocenters. The number of carboxylic acids is 1. The lowest BCUT2D eigenvalue weighted by Gasteiger charge is -2.28. The Kier molecular flexibility index (Phi) is 14.3. The molecule has 4 heteroatoms. The molecule has 0 amide bonds. The molecule has 0 unspecified atom stereocenters. The van der Waals surface area contributed by atoms with E-state index in [0.717, 1.165) is 48.3 Å². The molecule has 1 aliphatic rings. The molecule has 1 saturated carbocycles. The van der Waals surface area contributed by atoms with Crippen molar-refractivity contribution in [1.82, 2.24) is 0 Å². The van der Waals surface area contributed by atoms with Crippen LogP contribution < -0.4 is 9.47 Å². The van der Waals surface area contributed by atoms with Gasteiger partial charge in [0.2, 0.25) is 0 Å². The fourth-order valence-corrected chi connectivity index (χ4v) is 5.97. The van der Waals surface area contributed by atoms with E-state index in [1.54, 1.807) is 12.1 Å². The molecule has 0 heterocycles. The van der Waals surface area contributed by atoms with Gasteiger partial charge in [0.25, 0.3) is 0 Å². The van der Waals surface area contributed by atoms with Crippen LogP contribution in [-0.2, 0) is 0 Å². The molecule has 0 saturated heterocycles. The van der Waals surface area contributed by atoms with Gasteiger partial charge in [-0.25, -0.2) is 4.79 Å². The van der Waals surface area contributed by atoms with Crippen molar-refractivity contribution in [3.63, 3.8) is 0 Å². The lowest BCUT2D eigenvalue weighted by molar-refractivity contribution is 0.0697. The predicted octanol–water partition coefficient (Wildman–Crippen LogP) is 10.3. The second-order valence-electron chi connectivity index (χ2n) is 11.5. The van der Waals surface area contributed by atoms with Crippen molar-refractivity contribution < 1.29 is 19.4 Å². The number of carbonyl (C=O) groups is 1. The summed E-state index contributed by atoms with van der Waals surface area (Å²) in [4.78, 5) is 11.9. The van der Waals surface area contributed by atoms with Gasteiger partial charge in [-0.15, -0.1) is 0 Å². The molecule has 1 fully saturated rings. The Morgan fingerprint density at radius 2 is 1.26 bits per heavy atom. The quantitative estimate of drug-likeness (QED) is 0.181. The van der Waals surface area contributed by atoms with Gasteiger partial charge in [0, 0.05) is 0 Å². The van der Waals surface area contributed by atoms with Crippen molar-refractivity contribution in [3.05, 3.63) is 48.0 Å². The smallest absolute Gasteiger partial charge is 0.336 e. The third kappa shape index (κ3) is 11.3. The van der Waals surface area contributed by atoms with Gasteiger partial charge in [-0.05, 0) is 72.6 Å². The standard InChI is InChI=1S/C35H52O4/c1-3-5-6-7-8-9-10-11-25-39-32-23-24-33(35(36)37)34(27-32)30-19-21-31(22-20-30)38-26-12-14-29-17-15-28(13-4-2)16-18-29/h19-24,27-29H,3-18,25-26H2,1-2H3,(H,36,37). The molecule has 0 radical (unpaired) electrons. The molecule has 1 aliphatic carbocycles. The highest BCUT2D eigenvalue weighted by Crippen LogP contribution is 2.34. The number of hydrogen-bond acceptors (Lipinski definition) is 3. The molecular formula is C35H52O4. The minimum atomic E-state index is -0.927. The van der Waals surface area contributed by atoms with E-state index in [0.29, 0.717) is 12.2 Å². The van der Waals surface area contributed by atoms with Crippen LogP contribution in [0.25, 0.3) is 11.1 Å². The summed E-state index contributed by atoms with van der Waals surface area (Å²) in [6.07, 6.45) is 20.7. The summed E-state index contributed by atoms with van der Waals surface area (Å²) in [6, 6.07) is 13.1. The van der Waals surface area contributed by atoms with Gasteiger partial charge in [-0.2, -0.15) is 0 Å². The molecule has 0 bridgehead atoms. The Bertz CT molecular complexity index is 944. The average Bonchev–Trinajstić information content (AvgIpc) is 2.95. The molecule has 0 aliphatic heterocycles.